The Morgan fingerprint density at radius 2 is 1.97 bits per heavy atom. The maximum atomic E-state index is 13.3. The second-order valence-electron chi connectivity index (χ2n) is 8.57. The van der Waals surface area contributed by atoms with Crippen molar-refractivity contribution >= 4 is 28.7 Å². The van der Waals surface area contributed by atoms with Gasteiger partial charge in [-0.25, -0.2) is 9.67 Å². The number of hydrogen-bond acceptors (Lipinski definition) is 5. The second kappa shape index (κ2) is 8.49. The first-order valence-corrected chi connectivity index (χ1v) is 12.1. The van der Waals surface area contributed by atoms with Crippen molar-refractivity contribution in [1.82, 2.24) is 24.6 Å². The third-order valence-corrected chi connectivity index (χ3v) is 7.45. The molecule has 0 spiro atoms. The van der Waals surface area contributed by atoms with Crippen molar-refractivity contribution in [3.8, 4) is 5.69 Å². The first-order chi connectivity index (χ1) is 15.1. The molecule has 1 aliphatic heterocycles. The van der Waals surface area contributed by atoms with Crippen molar-refractivity contribution < 1.29 is 4.79 Å². The van der Waals surface area contributed by atoms with Crippen LogP contribution in [0.25, 0.3) is 16.7 Å². The van der Waals surface area contributed by atoms with Crippen LogP contribution in [-0.2, 0) is 4.79 Å². The molecule has 1 aromatic carbocycles. The highest BCUT2D eigenvalue weighted by Crippen LogP contribution is 2.33. The topological polar surface area (TPSA) is 81.8 Å². The fraction of sp³-hybridized carbons (Fsp3) is 0.478. The van der Waals surface area contributed by atoms with E-state index in [1.807, 2.05) is 31.2 Å². The van der Waals surface area contributed by atoms with E-state index in [0.29, 0.717) is 28.4 Å². The number of para-hydroxylation sites is 1. The fourth-order valence-corrected chi connectivity index (χ4v) is 5.81. The van der Waals surface area contributed by atoms with Gasteiger partial charge in [-0.2, -0.15) is 5.10 Å². The Hall–Kier alpha value is -2.61. The summed E-state index contributed by atoms with van der Waals surface area (Å²) in [4.78, 5) is 30.8. The van der Waals surface area contributed by atoms with Crippen molar-refractivity contribution in [3.63, 3.8) is 0 Å². The number of hydrogen-bond donors (Lipinski definition) is 1. The van der Waals surface area contributed by atoms with Gasteiger partial charge in [-0.3, -0.25) is 14.2 Å². The van der Waals surface area contributed by atoms with Crippen molar-refractivity contribution in [2.45, 2.75) is 69.1 Å². The number of rotatable bonds is 4. The summed E-state index contributed by atoms with van der Waals surface area (Å²) >= 11 is 1.54. The molecule has 7 nitrogen and oxygen atoms in total. The van der Waals surface area contributed by atoms with Crippen LogP contribution in [0.5, 0.6) is 0 Å². The van der Waals surface area contributed by atoms with E-state index in [-0.39, 0.29) is 23.6 Å². The third kappa shape index (κ3) is 3.89. The quantitative estimate of drug-likeness (QED) is 0.496. The molecule has 1 aliphatic carbocycles. The van der Waals surface area contributed by atoms with E-state index in [2.05, 4.69) is 10.4 Å². The molecule has 1 saturated carbocycles. The van der Waals surface area contributed by atoms with Gasteiger partial charge in [-0.15, -0.1) is 0 Å². The molecule has 162 valence electrons. The lowest BCUT2D eigenvalue weighted by Crippen LogP contribution is -2.36. The standard InChI is InChI=1S/C23H27N5O2S/c1-15-8-6-7-11-19(15)28-21-18(13-24-28)22(30)27-17(14-31-23(27)26-21)12-20(29)25-16-9-4-2-3-5-10-16/h6-8,11,13,16-17H,2-5,9-10,12,14H2,1H3,(H,25,29). The monoisotopic (exact) mass is 437 g/mol. The Kier molecular flexibility index (Phi) is 5.56. The van der Waals surface area contributed by atoms with Crippen molar-refractivity contribution in [2.75, 3.05) is 5.75 Å². The molecule has 31 heavy (non-hydrogen) atoms. The number of carbonyl (C=O) groups is 1. The zero-order valence-electron chi connectivity index (χ0n) is 17.7. The van der Waals surface area contributed by atoms with Gasteiger partial charge in [0.05, 0.1) is 17.9 Å². The van der Waals surface area contributed by atoms with Crippen LogP contribution in [-0.4, -0.2) is 37.0 Å². The van der Waals surface area contributed by atoms with E-state index < -0.39 is 0 Å². The van der Waals surface area contributed by atoms with E-state index in [0.717, 1.165) is 24.1 Å². The van der Waals surface area contributed by atoms with Crippen LogP contribution in [0.15, 0.2) is 40.4 Å². The highest BCUT2D eigenvalue weighted by Gasteiger charge is 2.30. The number of benzene rings is 1. The molecule has 8 heteroatoms. The molecule has 1 amide bonds. The van der Waals surface area contributed by atoms with Crippen LogP contribution in [0.1, 0.15) is 56.6 Å². The largest absolute Gasteiger partial charge is 0.353 e. The first kappa shape index (κ1) is 20.3. The minimum atomic E-state index is -0.169. The summed E-state index contributed by atoms with van der Waals surface area (Å²) in [5.41, 5.74) is 2.44. The molecule has 0 radical (unpaired) electrons. The van der Waals surface area contributed by atoms with Crippen LogP contribution in [0, 0.1) is 6.92 Å². The Morgan fingerprint density at radius 3 is 2.74 bits per heavy atom. The zero-order valence-corrected chi connectivity index (χ0v) is 18.5. The fourth-order valence-electron chi connectivity index (χ4n) is 4.68. The van der Waals surface area contributed by atoms with Crippen LogP contribution >= 0.6 is 11.8 Å². The van der Waals surface area contributed by atoms with Crippen LogP contribution in [0.2, 0.25) is 0 Å². The van der Waals surface area contributed by atoms with Crippen molar-refractivity contribution in [2.24, 2.45) is 0 Å². The first-order valence-electron chi connectivity index (χ1n) is 11.1. The highest BCUT2D eigenvalue weighted by atomic mass is 32.2. The molecule has 1 unspecified atom stereocenters. The summed E-state index contributed by atoms with van der Waals surface area (Å²) in [6, 6.07) is 8.02. The van der Waals surface area contributed by atoms with Crippen molar-refractivity contribution in [1.29, 1.82) is 0 Å². The van der Waals surface area contributed by atoms with Crippen LogP contribution in [0.4, 0.5) is 0 Å². The smallest absolute Gasteiger partial charge is 0.265 e. The summed E-state index contributed by atoms with van der Waals surface area (Å²) in [6.07, 6.45) is 8.90. The van der Waals surface area contributed by atoms with E-state index in [1.165, 1.54) is 37.4 Å². The van der Waals surface area contributed by atoms with E-state index in [4.69, 9.17) is 4.98 Å². The van der Waals surface area contributed by atoms with E-state index in [1.54, 1.807) is 15.4 Å². The van der Waals surface area contributed by atoms with Gasteiger partial charge >= 0.3 is 0 Å². The van der Waals surface area contributed by atoms with Gasteiger partial charge in [0.25, 0.3) is 5.56 Å². The van der Waals surface area contributed by atoms with Gasteiger partial charge in [0.2, 0.25) is 5.91 Å². The zero-order chi connectivity index (χ0) is 21.4. The SMILES string of the molecule is Cc1ccccc1-n1ncc2c(=O)n3c(nc21)SCC3CC(=O)NC1CCCCCC1. The molecule has 2 aliphatic rings. The number of fused-ring (bicyclic) bond motifs is 2. The lowest BCUT2D eigenvalue weighted by atomic mass is 10.1. The number of carbonyl (C=O) groups excluding carboxylic acids is 1. The molecule has 0 saturated heterocycles. The molecule has 1 N–H and O–H groups in total. The molecule has 1 fully saturated rings. The van der Waals surface area contributed by atoms with E-state index >= 15 is 0 Å². The minimum absolute atomic E-state index is 0.0351. The van der Waals surface area contributed by atoms with Crippen LogP contribution < -0.4 is 10.9 Å². The van der Waals surface area contributed by atoms with Gasteiger partial charge in [-0.05, 0) is 31.4 Å². The second-order valence-corrected chi connectivity index (χ2v) is 9.56. The average Bonchev–Trinajstić information content (AvgIpc) is 3.26. The Labute approximate surface area is 185 Å². The Bertz CT molecular complexity index is 1180. The molecule has 0 bridgehead atoms. The molecular formula is C23H27N5O2S. The van der Waals surface area contributed by atoms with E-state index in [9.17, 15) is 9.59 Å². The van der Waals surface area contributed by atoms with Crippen molar-refractivity contribution in [3.05, 3.63) is 46.4 Å². The van der Waals surface area contributed by atoms with Gasteiger partial charge in [0.1, 0.15) is 5.39 Å². The Morgan fingerprint density at radius 1 is 1.19 bits per heavy atom. The van der Waals surface area contributed by atoms with Crippen LogP contribution in [0.3, 0.4) is 0 Å². The molecular weight excluding hydrogens is 410 g/mol. The van der Waals surface area contributed by atoms with Gasteiger partial charge in [0, 0.05) is 18.2 Å². The lowest BCUT2D eigenvalue weighted by molar-refractivity contribution is -0.122. The van der Waals surface area contributed by atoms with Gasteiger partial charge < -0.3 is 5.32 Å². The summed E-state index contributed by atoms with van der Waals surface area (Å²) < 4.78 is 3.43. The number of nitrogens with zero attached hydrogens (tertiary/aromatic N) is 4. The minimum Gasteiger partial charge on any atom is -0.353 e. The predicted molar refractivity (Wildman–Crippen MR) is 122 cm³/mol. The number of nitrogens with one attached hydrogen (secondary N) is 1. The van der Waals surface area contributed by atoms with Gasteiger partial charge in [0.15, 0.2) is 10.8 Å². The maximum Gasteiger partial charge on any atom is 0.265 e. The molecule has 2 aromatic heterocycles. The summed E-state index contributed by atoms with van der Waals surface area (Å²) in [7, 11) is 0. The number of thioether (sulfide) groups is 1. The Balaban J connectivity index is 1.41. The predicted octanol–water partition coefficient (Wildman–Crippen LogP) is 3.77. The summed E-state index contributed by atoms with van der Waals surface area (Å²) in [6.45, 7) is 2.01. The normalized spacial score (nSPS) is 19.3. The molecule has 3 aromatic rings. The maximum absolute atomic E-state index is 13.3. The third-order valence-electron chi connectivity index (χ3n) is 6.36. The highest BCUT2D eigenvalue weighted by molar-refractivity contribution is 7.99. The summed E-state index contributed by atoms with van der Waals surface area (Å²) in [5.74, 6) is 0.720. The molecule has 5 rings (SSSR count). The van der Waals surface area contributed by atoms with Gasteiger partial charge in [-0.1, -0.05) is 55.6 Å². The number of aromatic nitrogens is 4. The molecule has 1 atom stereocenters. The average molecular weight is 438 g/mol. The number of amides is 1. The number of aryl methyl sites for hydroxylation is 1. The lowest BCUT2D eigenvalue weighted by Gasteiger charge is -2.18. The summed E-state index contributed by atoms with van der Waals surface area (Å²) in [5, 5.41) is 8.81. The molecule has 3 heterocycles.